The van der Waals surface area contributed by atoms with Gasteiger partial charge in [-0.05, 0) is 60.2 Å². The van der Waals surface area contributed by atoms with E-state index in [0.29, 0.717) is 30.1 Å². The molecule has 7 nitrogen and oxygen atoms in total. The SMILES string of the molecule is COCCn1c(=NC(=O)c2ccc(S(=O)(=O)N3CCCc4ccccc43)cc2)sc2c3ccccc3ccc21. The van der Waals surface area contributed by atoms with Crippen LogP contribution < -0.4 is 9.11 Å². The monoisotopic (exact) mass is 557 g/mol. The molecule has 198 valence electrons. The molecule has 0 fully saturated rings. The second-order valence-electron chi connectivity index (χ2n) is 9.41. The first-order valence-electron chi connectivity index (χ1n) is 12.8. The van der Waals surface area contributed by atoms with E-state index in [1.165, 1.54) is 39.9 Å². The van der Waals surface area contributed by atoms with E-state index in [9.17, 15) is 13.2 Å². The van der Waals surface area contributed by atoms with E-state index in [0.717, 1.165) is 45.1 Å². The van der Waals surface area contributed by atoms with Crippen molar-refractivity contribution in [2.75, 3.05) is 24.6 Å². The zero-order valence-electron chi connectivity index (χ0n) is 21.4. The predicted molar refractivity (Wildman–Crippen MR) is 155 cm³/mol. The van der Waals surface area contributed by atoms with E-state index >= 15 is 0 Å². The topological polar surface area (TPSA) is 81.0 Å². The lowest BCUT2D eigenvalue weighted by Crippen LogP contribution is -2.35. The molecule has 2 heterocycles. The number of anilines is 1. The molecule has 1 aromatic heterocycles. The zero-order chi connectivity index (χ0) is 27.0. The van der Waals surface area contributed by atoms with Crippen molar-refractivity contribution in [3.05, 3.63) is 101 Å². The van der Waals surface area contributed by atoms with Crippen molar-refractivity contribution < 1.29 is 17.9 Å². The lowest BCUT2D eigenvalue weighted by Gasteiger charge is -2.30. The van der Waals surface area contributed by atoms with Gasteiger partial charge in [-0.25, -0.2) is 8.42 Å². The van der Waals surface area contributed by atoms with Crippen molar-refractivity contribution in [3.8, 4) is 0 Å². The Balaban J connectivity index is 1.35. The number of thiazole rings is 1. The molecule has 0 unspecified atom stereocenters. The molecular formula is C30H27N3O4S2. The van der Waals surface area contributed by atoms with Crippen LogP contribution in [0.2, 0.25) is 0 Å². The highest BCUT2D eigenvalue weighted by Gasteiger charge is 2.29. The van der Waals surface area contributed by atoms with Gasteiger partial charge in [-0.15, -0.1) is 0 Å². The van der Waals surface area contributed by atoms with Gasteiger partial charge in [-0.3, -0.25) is 9.10 Å². The van der Waals surface area contributed by atoms with Gasteiger partial charge in [-0.2, -0.15) is 4.99 Å². The van der Waals surface area contributed by atoms with E-state index < -0.39 is 15.9 Å². The first-order chi connectivity index (χ1) is 19.0. The number of para-hydroxylation sites is 1. The molecule has 0 radical (unpaired) electrons. The second kappa shape index (κ2) is 10.4. The third-order valence-corrected chi connectivity index (χ3v) is 10.0. The first kappa shape index (κ1) is 25.5. The third-order valence-electron chi connectivity index (χ3n) is 7.05. The fourth-order valence-electron chi connectivity index (χ4n) is 5.08. The molecule has 39 heavy (non-hydrogen) atoms. The summed E-state index contributed by atoms with van der Waals surface area (Å²) in [6.45, 7) is 1.46. The lowest BCUT2D eigenvalue weighted by atomic mass is 10.0. The van der Waals surface area contributed by atoms with Crippen LogP contribution in [0.5, 0.6) is 0 Å². The maximum Gasteiger partial charge on any atom is 0.279 e. The van der Waals surface area contributed by atoms with E-state index in [1.807, 2.05) is 47.0 Å². The quantitative estimate of drug-likeness (QED) is 0.281. The Morgan fingerprint density at radius 3 is 2.56 bits per heavy atom. The highest BCUT2D eigenvalue weighted by atomic mass is 32.2. The van der Waals surface area contributed by atoms with Crippen molar-refractivity contribution in [2.45, 2.75) is 24.3 Å². The second-order valence-corrected chi connectivity index (χ2v) is 12.3. The fourth-order valence-corrected chi connectivity index (χ4v) is 7.81. The Labute approximate surface area is 230 Å². The van der Waals surface area contributed by atoms with Crippen LogP contribution in [0.25, 0.3) is 21.0 Å². The van der Waals surface area contributed by atoms with Gasteiger partial charge in [0.2, 0.25) is 0 Å². The number of rotatable bonds is 6. The average molecular weight is 558 g/mol. The molecular weight excluding hydrogens is 530 g/mol. The molecule has 0 spiro atoms. The summed E-state index contributed by atoms with van der Waals surface area (Å²) in [5, 5.41) is 2.23. The molecule has 1 aliphatic heterocycles. The van der Waals surface area contributed by atoms with Crippen molar-refractivity contribution in [3.63, 3.8) is 0 Å². The summed E-state index contributed by atoms with van der Waals surface area (Å²) in [5.74, 6) is -0.427. The molecule has 6 rings (SSSR count). The smallest absolute Gasteiger partial charge is 0.279 e. The standard InChI is InChI=1S/C30H27N3O4S2/c1-37-20-19-32-27-17-14-21-7-2-4-10-25(21)28(27)38-30(32)31-29(34)23-12-15-24(16-13-23)39(35,36)33-18-6-9-22-8-3-5-11-26(22)33/h2-5,7-8,10-17H,6,9,18-20H2,1H3. The zero-order valence-corrected chi connectivity index (χ0v) is 23.0. The van der Waals surface area contributed by atoms with Crippen LogP contribution in [-0.4, -0.2) is 39.2 Å². The minimum Gasteiger partial charge on any atom is -0.383 e. The summed E-state index contributed by atoms with van der Waals surface area (Å²) < 4.78 is 36.8. The van der Waals surface area contributed by atoms with Crippen molar-refractivity contribution in [1.82, 2.24) is 4.57 Å². The molecule has 5 aromatic rings. The van der Waals surface area contributed by atoms with E-state index in [1.54, 1.807) is 7.11 Å². The predicted octanol–water partition coefficient (Wildman–Crippen LogP) is 5.39. The van der Waals surface area contributed by atoms with Gasteiger partial charge in [0, 0.05) is 31.1 Å². The van der Waals surface area contributed by atoms with Crippen molar-refractivity contribution in [1.29, 1.82) is 0 Å². The molecule has 0 saturated heterocycles. The van der Waals surface area contributed by atoms with Gasteiger partial charge in [0.05, 0.1) is 27.4 Å². The van der Waals surface area contributed by atoms with Crippen molar-refractivity contribution >= 4 is 53.9 Å². The molecule has 4 aromatic carbocycles. The number of ether oxygens (including phenoxy) is 1. The van der Waals surface area contributed by atoms with Gasteiger partial charge in [0.15, 0.2) is 4.80 Å². The number of aryl methyl sites for hydroxylation is 1. The Kier molecular flexibility index (Phi) is 6.80. The molecule has 0 aliphatic carbocycles. The number of carbonyl (C=O) groups excluding carboxylic acids is 1. The molecule has 0 saturated carbocycles. The van der Waals surface area contributed by atoms with Crippen molar-refractivity contribution in [2.24, 2.45) is 4.99 Å². The number of sulfonamides is 1. The molecule has 0 bridgehead atoms. The average Bonchev–Trinajstić information content (AvgIpc) is 3.32. The van der Waals surface area contributed by atoms with Gasteiger partial charge < -0.3 is 9.30 Å². The highest BCUT2D eigenvalue weighted by Crippen LogP contribution is 2.32. The Morgan fingerprint density at radius 1 is 0.974 bits per heavy atom. The van der Waals surface area contributed by atoms with E-state index in [-0.39, 0.29) is 4.90 Å². The number of fused-ring (bicyclic) bond motifs is 4. The summed E-state index contributed by atoms with van der Waals surface area (Å²) in [5.41, 5.74) is 3.06. The number of carbonyl (C=O) groups is 1. The van der Waals surface area contributed by atoms with Crippen LogP contribution in [0.4, 0.5) is 5.69 Å². The first-order valence-corrected chi connectivity index (χ1v) is 15.0. The third kappa shape index (κ3) is 4.67. The van der Waals surface area contributed by atoms with Crippen LogP contribution in [0.3, 0.4) is 0 Å². The maximum absolute atomic E-state index is 13.5. The molecule has 9 heteroatoms. The molecule has 1 aliphatic rings. The molecule has 0 N–H and O–H groups in total. The van der Waals surface area contributed by atoms with Gasteiger partial charge in [0.25, 0.3) is 15.9 Å². The Hall–Kier alpha value is -3.79. The number of hydrogen-bond donors (Lipinski definition) is 0. The summed E-state index contributed by atoms with van der Waals surface area (Å²) >= 11 is 1.46. The summed E-state index contributed by atoms with van der Waals surface area (Å²) in [4.78, 5) is 18.4. The number of aromatic nitrogens is 1. The van der Waals surface area contributed by atoms with Gasteiger partial charge >= 0.3 is 0 Å². The minimum absolute atomic E-state index is 0.152. The normalized spacial score (nSPS) is 14.2. The Bertz CT molecular complexity index is 1870. The van der Waals surface area contributed by atoms with Gasteiger partial charge in [-0.1, -0.05) is 59.9 Å². The molecule has 1 amide bonds. The minimum atomic E-state index is -3.76. The lowest BCUT2D eigenvalue weighted by molar-refractivity contribution is 0.0997. The van der Waals surface area contributed by atoms with Crippen LogP contribution in [0, 0.1) is 0 Å². The largest absolute Gasteiger partial charge is 0.383 e. The number of nitrogens with zero attached hydrogens (tertiary/aromatic N) is 3. The van der Waals surface area contributed by atoms with Gasteiger partial charge in [0.1, 0.15) is 0 Å². The van der Waals surface area contributed by atoms with Crippen LogP contribution in [0.15, 0.2) is 94.8 Å². The number of hydrogen-bond acceptors (Lipinski definition) is 5. The highest BCUT2D eigenvalue weighted by molar-refractivity contribution is 7.92. The van der Waals surface area contributed by atoms with Crippen LogP contribution in [0.1, 0.15) is 22.3 Å². The summed E-state index contributed by atoms with van der Waals surface area (Å²) in [6, 6.07) is 25.9. The van der Waals surface area contributed by atoms with Crippen LogP contribution >= 0.6 is 11.3 Å². The number of benzene rings is 4. The molecule has 0 atom stereocenters. The van der Waals surface area contributed by atoms with E-state index in [2.05, 4.69) is 23.2 Å². The number of methoxy groups -OCH3 is 1. The summed E-state index contributed by atoms with van der Waals surface area (Å²) in [6.07, 6.45) is 1.62. The number of amides is 1. The van der Waals surface area contributed by atoms with E-state index in [4.69, 9.17) is 4.74 Å². The van der Waals surface area contributed by atoms with Crippen LogP contribution in [-0.2, 0) is 27.7 Å². The fraction of sp³-hybridized carbons (Fsp3) is 0.200. The Morgan fingerprint density at radius 2 is 1.74 bits per heavy atom. The maximum atomic E-state index is 13.5. The summed E-state index contributed by atoms with van der Waals surface area (Å²) in [7, 11) is -2.11.